The van der Waals surface area contributed by atoms with Gasteiger partial charge in [0.25, 0.3) is 0 Å². The summed E-state index contributed by atoms with van der Waals surface area (Å²) < 4.78 is 17.6. The molecule has 0 saturated heterocycles. The number of hydrogen-bond donors (Lipinski definition) is 3. The molecule has 0 radical (unpaired) electrons. The number of aliphatic hydroxyl groups is 1. The van der Waals surface area contributed by atoms with Crippen LogP contribution < -0.4 is 11.1 Å². The smallest absolute Gasteiger partial charge is 0.125 e. The van der Waals surface area contributed by atoms with Gasteiger partial charge in [0, 0.05) is 7.11 Å². The van der Waals surface area contributed by atoms with Crippen LogP contribution in [0.1, 0.15) is 0 Å². The first kappa shape index (κ1) is 11.7. The van der Waals surface area contributed by atoms with Crippen LogP contribution in [0.2, 0.25) is 0 Å². The summed E-state index contributed by atoms with van der Waals surface area (Å²) in [6.45, 7) is 0.276. The second-order valence-corrected chi connectivity index (χ2v) is 3.21. The van der Waals surface area contributed by atoms with Gasteiger partial charge in [-0.15, -0.1) is 0 Å². The molecule has 1 aromatic carbocycles. The molecular formula is C10H15FN2O2. The van der Waals surface area contributed by atoms with Crippen LogP contribution in [-0.4, -0.2) is 31.5 Å². The predicted molar refractivity (Wildman–Crippen MR) is 57.2 cm³/mol. The van der Waals surface area contributed by atoms with Gasteiger partial charge in [-0.3, -0.25) is 0 Å². The van der Waals surface area contributed by atoms with Crippen molar-refractivity contribution in [2.24, 2.45) is 0 Å². The molecule has 1 rings (SSSR count). The fraction of sp³-hybridized carbons (Fsp3) is 0.400. The molecule has 0 aliphatic heterocycles. The minimum Gasteiger partial charge on any atom is -0.397 e. The minimum atomic E-state index is -0.384. The molecule has 0 heterocycles. The van der Waals surface area contributed by atoms with Gasteiger partial charge in [-0.1, -0.05) is 0 Å². The fourth-order valence-electron chi connectivity index (χ4n) is 1.23. The van der Waals surface area contributed by atoms with E-state index in [0.717, 1.165) is 0 Å². The first-order valence-corrected chi connectivity index (χ1v) is 4.58. The van der Waals surface area contributed by atoms with Crippen LogP contribution in [0.15, 0.2) is 18.2 Å². The Morgan fingerprint density at radius 3 is 2.87 bits per heavy atom. The Morgan fingerprint density at radius 1 is 1.60 bits per heavy atom. The molecule has 0 fully saturated rings. The number of halogens is 1. The highest BCUT2D eigenvalue weighted by atomic mass is 19.1. The lowest BCUT2D eigenvalue weighted by Crippen LogP contribution is -2.29. The van der Waals surface area contributed by atoms with Crippen molar-refractivity contribution in [3.63, 3.8) is 0 Å². The molecule has 0 aliphatic rings. The highest BCUT2D eigenvalue weighted by molar-refractivity contribution is 5.66. The van der Waals surface area contributed by atoms with Crippen molar-refractivity contribution in [3.05, 3.63) is 24.0 Å². The van der Waals surface area contributed by atoms with Crippen LogP contribution in [0, 0.1) is 5.82 Å². The number of anilines is 2. The van der Waals surface area contributed by atoms with E-state index in [1.54, 1.807) is 7.11 Å². The zero-order chi connectivity index (χ0) is 11.3. The summed E-state index contributed by atoms with van der Waals surface area (Å²) in [6.07, 6.45) is 0. The van der Waals surface area contributed by atoms with Gasteiger partial charge in [-0.05, 0) is 18.2 Å². The molecule has 0 bridgehead atoms. The molecular weight excluding hydrogens is 199 g/mol. The lowest BCUT2D eigenvalue weighted by molar-refractivity contribution is 0.153. The third kappa shape index (κ3) is 3.38. The standard InChI is InChI=1S/C10H15FN2O2/c1-15-6-8(5-14)13-10-3-2-7(11)4-9(10)12/h2-4,8,13-14H,5-6,12H2,1H3. The zero-order valence-electron chi connectivity index (χ0n) is 8.53. The number of benzene rings is 1. The molecule has 0 aromatic heterocycles. The molecule has 15 heavy (non-hydrogen) atoms. The Hall–Kier alpha value is -1.33. The Kier molecular flexibility index (Phi) is 4.33. The maximum absolute atomic E-state index is 12.7. The highest BCUT2D eigenvalue weighted by Crippen LogP contribution is 2.19. The Balaban J connectivity index is 2.70. The van der Waals surface area contributed by atoms with Crippen molar-refractivity contribution in [1.82, 2.24) is 0 Å². The van der Waals surface area contributed by atoms with E-state index in [1.807, 2.05) is 0 Å². The number of nitrogen functional groups attached to an aromatic ring is 1. The molecule has 4 N–H and O–H groups in total. The van der Waals surface area contributed by atoms with Crippen molar-refractivity contribution in [2.45, 2.75) is 6.04 Å². The van der Waals surface area contributed by atoms with Crippen molar-refractivity contribution in [1.29, 1.82) is 0 Å². The largest absolute Gasteiger partial charge is 0.397 e. The van der Waals surface area contributed by atoms with Gasteiger partial charge in [0.2, 0.25) is 0 Å². The monoisotopic (exact) mass is 214 g/mol. The van der Waals surface area contributed by atoms with E-state index in [1.165, 1.54) is 18.2 Å². The van der Waals surface area contributed by atoms with Crippen molar-refractivity contribution < 1.29 is 14.2 Å². The molecule has 1 atom stereocenters. The van der Waals surface area contributed by atoms with Crippen LogP contribution >= 0.6 is 0 Å². The normalized spacial score (nSPS) is 12.5. The zero-order valence-corrected chi connectivity index (χ0v) is 8.53. The SMILES string of the molecule is COCC(CO)Nc1ccc(F)cc1N. The lowest BCUT2D eigenvalue weighted by atomic mass is 10.2. The molecule has 1 aromatic rings. The second-order valence-electron chi connectivity index (χ2n) is 3.21. The molecule has 0 aliphatic carbocycles. The van der Waals surface area contributed by atoms with E-state index in [-0.39, 0.29) is 18.5 Å². The third-order valence-corrected chi connectivity index (χ3v) is 1.96. The van der Waals surface area contributed by atoms with E-state index in [0.29, 0.717) is 18.0 Å². The minimum absolute atomic E-state index is 0.0787. The van der Waals surface area contributed by atoms with Gasteiger partial charge in [-0.2, -0.15) is 0 Å². The van der Waals surface area contributed by atoms with Crippen LogP contribution in [0.5, 0.6) is 0 Å². The molecule has 84 valence electrons. The average Bonchev–Trinajstić information content (AvgIpc) is 2.21. The summed E-state index contributed by atoms with van der Waals surface area (Å²) in [5.74, 6) is -0.384. The number of hydrogen-bond acceptors (Lipinski definition) is 4. The first-order chi connectivity index (χ1) is 7.17. The number of nitrogens with two attached hydrogens (primary N) is 1. The number of aliphatic hydroxyl groups excluding tert-OH is 1. The second kappa shape index (κ2) is 5.53. The Morgan fingerprint density at radius 2 is 2.33 bits per heavy atom. The van der Waals surface area contributed by atoms with Crippen LogP contribution in [0.4, 0.5) is 15.8 Å². The highest BCUT2D eigenvalue weighted by Gasteiger charge is 2.08. The maximum atomic E-state index is 12.7. The van der Waals surface area contributed by atoms with E-state index in [9.17, 15) is 4.39 Å². The summed E-state index contributed by atoms with van der Waals surface area (Å²) >= 11 is 0. The summed E-state index contributed by atoms with van der Waals surface area (Å²) in [5.41, 5.74) is 6.50. The van der Waals surface area contributed by atoms with Gasteiger partial charge in [0.1, 0.15) is 5.82 Å². The Labute approximate surface area is 87.9 Å². The molecule has 4 nitrogen and oxygen atoms in total. The third-order valence-electron chi connectivity index (χ3n) is 1.96. The quantitative estimate of drug-likeness (QED) is 0.635. The topological polar surface area (TPSA) is 67.5 Å². The lowest BCUT2D eigenvalue weighted by Gasteiger charge is -2.17. The summed E-state index contributed by atoms with van der Waals surface area (Å²) in [7, 11) is 1.54. The summed E-state index contributed by atoms with van der Waals surface area (Å²) in [6, 6.07) is 3.81. The molecule has 0 spiro atoms. The number of nitrogens with one attached hydrogen (secondary N) is 1. The van der Waals surface area contributed by atoms with Gasteiger partial charge < -0.3 is 20.9 Å². The first-order valence-electron chi connectivity index (χ1n) is 4.58. The van der Waals surface area contributed by atoms with Crippen molar-refractivity contribution >= 4 is 11.4 Å². The molecule has 5 heteroatoms. The average molecular weight is 214 g/mol. The summed E-state index contributed by atoms with van der Waals surface area (Å²) in [4.78, 5) is 0. The van der Waals surface area contributed by atoms with E-state index < -0.39 is 0 Å². The van der Waals surface area contributed by atoms with Crippen molar-refractivity contribution in [2.75, 3.05) is 31.4 Å². The maximum Gasteiger partial charge on any atom is 0.125 e. The molecule has 0 amide bonds. The van der Waals surface area contributed by atoms with Gasteiger partial charge in [0.05, 0.1) is 30.6 Å². The van der Waals surface area contributed by atoms with Gasteiger partial charge in [-0.25, -0.2) is 4.39 Å². The van der Waals surface area contributed by atoms with Crippen LogP contribution in [-0.2, 0) is 4.74 Å². The number of rotatable bonds is 5. The number of methoxy groups -OCH3 is 1. The van der Waals surface area contributed by atoms with Gasteiger partial charge >= 0.3 is 0 Å². The van der Waals surface area contributed by atoms with Gasteiger partial charge in [0.15, 0.2) is 0 Å². The van der Waals surface area contributed by atoms with E-state index >= 15 is 0 Å². The number of ether oxygens (including phenoxy) is 1. The Bertz CT molecular complexity index is 320. The fourth-order valence-corrected chi connectivity index (χ4v) is 1.23. The molecule has 1 unspecified atom stereocenters. The van der Waals surface area contributed by atoms with E-state index in [2.05, 4.69) is 5.32 Å². The van der Waals surface area contributed by atoms with E-state index in [4.69, 9.17) is 15.6 Å². The predicted octanol–water partition coefficient (Wildman–Crippen LogP) is 0.827. The van der Waals surface area contributed by atoms with Crippen LogP contribution in [0.25, 0.3) is 0 Å². The van der Waals surface area contributed by atoms with Crippen molar-refractivity contribution in [3.8, 4) is 0 Å². The molecule has 0 saturated carbocycles. The summed E-state index contributed by atoms with van der Waals surface area (Å²) in [5, 5.41) is 12.0. The van der Waals surface area contributed by atoms with Crippen LogP contribution in [0.3, 0.4) is 0 Å².